The Morgan fingerprint density at radius 1 is 1.09 bits per heavy atom. The van der Waals surface area contributed by atoms with Crippen molar-refractivity contribution in [2.75, 3.05) is 6.54 Å². The lowest BCUT2D eigenvalue weighted by molar-refractivity contribution is -0.141. The summed E-state index contributed by atoms with van der Waals surface area (Å²) in [5, 5.41) is 6.36. The van der Waals surface area contributed by atoms with Crippen LogP contribution in [-0.2, 0) is 20.9 Å². The average molecular weight is 478 g/mol. The number of rotatable bonds is 6. The molecular weight excluding hydrogens is 442 g/mol. The Bertz CT molecular complexity index is 848. The molecule has 2 fully saturated rings. The molecular formula is C25H36ClN3O4. The fourth-order valence-corrected chi connectivity index (χ4v) is 4.91. The number of halogens is 1. The molecule has 3 rings (SSSR count). The number of carbonyl (C=O) groups excluding carboxylic acids is 3. The minimum absolute atomic E-state index is 0.0474. The molecule has 8 heteroatoms. The Balaban J connectivity index is 1.69. The van der Waals surface area contributed by atoms with Crippen molar-refractivity contribution in [1.82, 2.24) is 15.5 Å². The number of likely N-dealkylation sites (tertiary alicyclic amines) is 1. The Morgan fingerprint density at radius 3 is 2.45 bits per heavy atom. The number of hydrogen-bond donors (Lipinski definition) is 2. The molecule has 2 aliphatic rings. The quantitative estimate of drug-likeness (QED) is 0.634. The van der Waals surface area contributed by atoms with Gasteiger partial charge in [0.2, 0.25) is 11.8 Å². The first kappa shape index (κ1) is 25.3. The summed E-state index contributed by atoms with van der Waals surface area (Å²) in [4.78, 5) is 40.8. The molecule has 1 saturated heterocycles. The van der Waals surface area contributed by atoms with Crippen molar-refractivity contribution in [3.8, 4) is 0 Å². The molecule has 0 aromatic heterocycles. The van der Waals surface area contributed by atoms with Crippen LogP contribution in [0.25, 0.3) is 0 Å². The molecule has 0 bridgehead atoms. The van der Waals surface area contributed by atoms with Crippen LogP contribution in [-0.4, -0.2) is 47.0 Å². The van der Waals surface area contributed by atoms with E-state index in [1.165, 1.54) is 0 Å². The average Bonchev–Trinajstić information content (AvgIpc) is 3.26. The van der Waals surface area contributed by atoms with Gasteiger partial charge in [0.25, 0.3) is 0 Å². The predicted molar refractivity (Wildman–Crippen MR) is 128 cm³/mol. The van der Waals surface area contributed by atoms with E-state index in [1.807, 2.05) is 18.2 Å². The van der Waals surface area contributed by atoms with Crippen molar-refractivity contribution in [3.05, 3.63) is 34.9 Å². The summed E-state index contributed by atoms with van der Waals surface area (Å²) in [5.74, 6) is -0.338. The lowest BCUT2D eigenvalue weighted by Gasteiger charge is -2.35. The molecule has 182 valence electrons. The van der Waals surface area contributed by atoms with Crippen LogP contribution < -0.4 is 10.6 Å². The second kappa shape index (κ2) is 11.2. The monoisotopic (exact) mass is 477 g/mol. The molecule has 1 aromatic rings. The zero-order valence-electron chi connectivity index (χ0n) is 19.9. The number of nitrogens with zero attached hydrogens (tertiary/aromatic N) is 1. The number of ether oxygens (including phenoxy) is 1. The van der Waals surface area contributed by atoms with Crippen LogP contribution in [0.4, 0.5) is 4.79 Å². The number of alkyl carbamates (subject to hydrolysis) is 1. The lowest BCUT2D eigenvalue weighted by Crippen LogP contribution is -2.56. The van der Waals surface area contributed by atoms with Gasteiger partial charge in [0.05, 0.1) is 0 Å². The van der Waals surface area contributed by atoms with Crippen LogP contribution >= 0.6 is 11.6 Å². The molecule has 1 heterocycles. The van der Waals surface area contributed by atoms with E-state index >= 15 is 0 Å². The molecule has 33 heavy (non-hydrogen) atoms. The van der Waals surface area contributed by atoms with E-state index in [1.54, 1.807) is 31.7 Å². The van der Waals surface area contributed by atoms with Crippen LogP contribution in [0.1, 0.15) is 71.3 Å². The third-order valence-electron chi connectivity index (χ3n) is 6.31. The van der Waals surface area contributed by atoms with Crippen LogP contribution in [0.3, 0.4) is 0 Å². The van der Waals surface area contributed by atoms with Crippen LogP contribution in [0.15, 0.2) is 24.3 Å². The van der Waals surface area contributed by atoms with Gasteiger partial charge < -0.3 is 20.3 Å². The highest BCUT2D eigenvalue weighted by atomic mass is 35.5. The van der Waals surface area contributed by atoms with E-state index in [-0.39, 0.29) is 17.7 Å². The Morgan fingerprint density at radius 2 is 1.79 bits per heavy atom. The maximum absolute atomic E-state index is 13.6. The number of nitrogens with one attached hydrogen (secondary N) is 2. The third kappa shape index (κ3) is 7.10. The minimum atomic E-state index is -0.683. The summed E-state index contributed by atoms with van der Waals surface area (Å²) in [6, 6.07) is 6.13. The first-order chi connectivity index (χ1) is 15.7. The molecule has 7 nitrogen and oxygen atoms in total. The summed E-state index contributed by atoms with van der Waals surface area (Å²) in [6.07, 6.45) is 5.72. The number of amides is 3. The maximum atomic E-state index is 13.6. The number of carbonyl (C=O) groups is 3. The molecule has 0 unspecified atom stereocenters. The van der Waals surface area contributed by atoms with Gasteiger partial charge in [0, 0.05) is 18.1 Å². The van der Waals surface area contributed by atoms with Gasteiger partial charge in [-0.1, -0.05) is 49.1 Å². The van der Waals surface area contributed by atoms with Crippen LogP contribution in [0.5, 0.6) is 0 Å². The summed E-state index contributed by atoms with van der Waals surface area (Å²) in [7, 11) is 0. The van der Waals surface area contributed by atoms with Gasteiger partial charge in [-0.2, -0.15) is 0 Å². The number of benzene rings is 1. The Hall–Kier alpha value is -2.28. The smallest absolute Gasteiger partial charge is 0.408 e. The van der Waals surface area contributed by atoms with Crippen LogP contribution in [0.2, 0.25) is 5.02 Å². The second-order valence-electron chi connectivity index (χ2n) is 10.0. The summed E-state index contributed by atoms with van der Waals surface area (Å²) in [5.41, 5.74) is 0.175. The molecule has 0 spiro atoms. The summed E-state index contributed by atoms with van der Waals surface area (Å²) >= 11 is 6.20. The predicted octanol–water partition coefficient (Wildman–Crippen LogP) is 4.42. The first-order valence-corrected chi connectivity index (χ1v) is 12.3. The molecule has 3 amide bonds. The SMILES string of the molecule is CC(C)(C)OC(=O)N[C@@H](C(=O)N1CCC[C@H]1C(=O)NCc1ccccc1Cl)C1CCCCC1. The number of hydrogen-bond acceptors (Lipinski definition) is 4. The molecule has 1 aliphatic heterocycles. The lowest BCUT2D eigenvalue weighted by atomic mass is 9.83. The van der Waals surface area contributed by atoms with Crippen molar-refractivity contribution >= 4 is 29.5 Å². The molecule has 1 aliphatic carbocycles. The fraction of sp³-hybridized carbons (Fsp3) is 0.640. The van der Waals surface area contributed by atoms with Crippen molar-refractivity contribution in [3.63, 3.8) is 0 Å². The van der Waals surface area contributed by atoms with Crippen LogP contribution in [0, 0.1) is 5.92 Å². The first-order valence-electron chi connectivity index (χ1n) is 12.0. The molecule has 2 N–H and O–H groups in total. The standard InChI is InChI=1S/C25H36ClN3O4/c1-25(2,3)33-24(32)28-21(17-10-5-4-6-11-17)23(31)29-15-9-14-20(29)22(30)27-16-18-12-7-8-13-19(18)26/h7-8,12-13,17,20-21H,4-6,9-11,14-16H2,1-3H3,(H,27,30)(H,28,32)/t20-,21+/m0/s1. The fourth-order valence-electron chi connectivity index (χ4n) is 4.71. The highest BCUT2D eigenvalue weighted by molar-refractivity contribution is 6.31. The minimum Gasteiger partial charge on any atom is -0.444 e. The van der Waals surface area contributed by atoms with E-state index in [0.717, 1.165) is 44.1 Å². The van der Waals surface area contributed by atoms with Gasteiger partial charge >= 0.3 is 6.09 Å². The van der Waals surface area contributed by atoms with Gasteiger partial charge in [-0.05, 0) is 64.0 Å². The Labute approximate surface area is 201 Å². The molecule has 2 atom stereocenters. The van der Waals surface area contributed by atoms with Gasteiger partial charge in [-0.25, -0.2) is 4.79 Å². The largest absolute Gasteiger partial charge is 0.444 e. The highest BCUT2D eigenvalue weighted by Gasteiger charge is 2.41. The van der Waals surface area contributed by atoms with E-state index < -0.39 is 23.8 Å². The third-order valence-corrected chi connectivity index (χ3v) is 6.68. The molecule has 0 radical (unpaired) electrons. The van der Waals surface area contributed by atoms with Gasteiger partial charge in [-0.3, -0.25) is 9.59 Å². The van der Waals surface area contributed by atoms with Crippen molar-refractivity contribution in [2.24, 2.45) is 5.92 Å². The normalized spacial score (nSPS) is 20.2. The highest BCUT2D eigenvalue weighted by Crippen LogP contribution is 2.29. The topological polar surface area (TPSA) is 87.7 Å². The zero-order chi connectivity index (χ0) is 24.0. The van der Waals surface area contributed by atoms with E-state index in [0.29, 0.717) is 24.5 Å². The van der Waals surface area contributed by atoms with Gasteiger partial charge in [-0.15, -0.1) is 0 Å². The Kier molecular flexibility index (Phi) is 8.63. The van der Waals surface area contributed by atoms with E-state index in [2.05, 4.69) is 10.6 Å². The second-order valence-corrected chi connectivity index (χ2v) is 10.4. The van der Waals surface area contributed by atoms with Crippen molar-refractivity contribution in [1.29, 1.82) is 0 Å². The van der Waals surface area contributed by atoms with Crippen molar-refractivity contribution in [2.45, 2.75) is 89.9 Å². The maximum Gasteiger partial charge on any atom is 0.408 e. The molecule has 1 saturated carbocycles. The zero-order valence-corrected chi connectivity index (χ0v) is 20.6. The van der Waals surface area contributed by atoms with Gasteiger partial charge in [0.1, 0.15) is 17.7 Å². The van der Waals surface area contributed by atoms with E-state index in [4.69, 9.17) is 16.3 Å². The van der Waals surface area contributed by atoms with Gasteiger partial charge in [0.15, 0.2) is 0 Å². The van der Waals surface area contributed by atoms with E-state index in [9.17, 15) is 14.4 Å². The molecule has 1 aromatic carbocycles. The van der Waals surface area contributed by atoms with Crippen molar-refractivity contribution < 1.29 is 19.1 Å². The summed E-state index contributed by atoms with van der Waals surface area (Å²) < 4.78 is 5.43. The summed E-state index contributed by atoms with van der Waals surface area (Å²) in [6.45, 7) is 6.19.